The second-order valence-corrected chi connectivity index (χ2v) is 8.52. The molecule has 0 saturated heterocycles. The third-order valence-electron chi connectivity index (χ3n) is 3.79. The summed E-state index contributed by atoms with van der Waals surface area (Å²) < 4.78 is 41.6. The Labute approximate surface area is 160 Å². The predicted octanol–water partition coefficient (Wildman–Crippen LogP) is 3.91. The number of halogens is 1. The molecule has 0 aliphatic carbocycles. The van der Waals surface area contributed by atoms with Gasteiger partial charge in [0.1, 0.15) is 5.82 Å². The number of benzene rings is 2. The highest BCUT2D eigenvalue weighted by molar-refractivity contribution is 7.89. The maximum Gasteiger partial charge on any atom is 0.241 e. The van der Waals surface area contributed by atoms with Crippen LogP contribution in [0.1, 0.15) is 23.4 Å². The average molecular weight is 404 g/mol. The van der Waals surface area contributed by atoms with Gasteiger partial charge in [-0.05, 0) is 53.4 Å². The fourth-order valence-electron chi connectivity index (χ4n) is 2.55. The minimum absolute atomic E-state index is 0.0697. The first-order valence-electron chi connectivity index (χ1n) is 8.04. The van der Waals surface area contributed by atoms with Crippen molar-refractivity contribution in [1.82, 2.24) is 4.72 Å². The lowest BCUT2D eigenvalue weighted by Gasteiger charge is -2.18. The smallest absolute Gasteiger partial charge is 0.241 e. The molecule has 8 heteroatoms. The molecule has 27 heavy (non-hydrogen) atoms. The fraction of sp³-hybridized carbons (Fsp3) is 0.105. The van der Waals surface area contributed by atoms with Gasteiger partial charge in [-0.1, -0.05) is 18.2 Å². The van der Waals surface area contributed by atoms with Crippen LogP contribution in [0.25, 0.3) is 0 Å². The van der Waals surface area contributed by atoms with Gasteiger partial charge in [-0.15, -0.1) is 11.3 Å². The number of thiophene rings is 1. The summed E-state index contributed by atoms with van der Waals surface area (Å²) in [6.07, 6.45) is 0. The SMILES string of the molecule is CC(=O)Nc1ccc(S(=O)(=O)N[C@@H](c2ccc(F)cc2)c2cccs2)cc1. The molecule has 0 unspecified atom stereocenters. The zero-order valence-electron chi connectivity index (χ0n) is 14.3. The van der Waals surface area contributed by atoms with Crippen LogP contribution in [0.15, 0.2) is 70.9 Å². The Kier molecular flexibility index (Phi) is 5.69. The Morgan fingerprint density at radius 3 is 2.26 bits per heavy atom. The number of hydrogen-bond acceptors (Lipinski definition) is 4. The molecule has 5 nitrogen and oxygen atoms in total. The van der Waals surface area contributed by atoms with E-state index in [1.165, 1.54) is 54.7 Å². The van der Waals surface area contributed by atoms with Gasteiger partial charge in [0.15, 0.2) is 0 Å². The minimum atomic E-state index is -3.84. The van der Waals surface area contributed by atoms with E-state index in [1.807, 2.05) is 17.5 Å². The summed E-state index contributed by atoms with van der Waals surface area (Å²) in [6.45, 7) is 1.38. The van der Waals surface area contributed by atoms with E-state index in [0.29, 0.717) is 11.3 Å². The molecule has 140 valence electrons. The number of carbonyl (C=O) groups excluding carboxylic acids is 1. The predicted molar refractivity (Wildman–Crippen MR) is 104 cm³/mol. The summed E-state index contributed by atoms with van der Waals surface area (Å²) >= 11 is 1.41. The molecule has 2 N–H and O–H groups in total. The van der Waals surface area contributed by atoms with Crippen LogP contribution in [-0.2, 0) is 14.8 Å². The van der Waals surface area contributed by atoms with Crippen molar-refractivity contribution in [3.8, 4) is 0 Å². The van der Waals surface area contributed by atoms with Crippen LogP contribution in [0, 0.1) is 5.82 Å². The first-order chi connectivity index (χ1) is 12.8. The van der Waals surface area contributed by atoms with Gasteiger partial charge in [-0.25, -0.2) is 12.8 Å². The zero-order valence-corrected chi connectivity index (χ0v) is 16.0. The van der Waals surface area contributed by atoms with Crippen molar-refractivity contribution < 1.29 is 17.6 Å². The Balaban J connectivity index is 1.90. The average Bonchev–Trinajstić information content (AvgIpc) is 3.15. The van der Waals surface area contributed by atoms with Gasteiger partial charge >= 0.3 is 0 Å². The summed E-state index contributed by atoms with van der Waals surface area (Å²) in [5, 5.41) is 4.44. The highest BCUT2D eigenvalue weighted by Gasteiger charge is 2.23. The van der Waals surface area contributed by atoms with Crippen molar-refractivity contribution in [3.63, 3.8) is 0 Å². The van der Waals surface area contributed by atoms with Crippen molar-refractivity contribution in [2.24, 2.45) is 0 Å². The summed E-state index contributed by atoms with van der Waals surface area (Å²) in [5.41, 5.74) is 1.15. The van der Waals surface area contributed by atoms with Crippen LogP contribution in [0.3, 0.4) is 0 Å². The lowest BCUT2D eigenvalue weighted by molar-refractivity contribution is -0.114. The molecule has 1 heterocycles. The number of nitrogens with one attached hydrogen (secondary N) is 2. The third kappa shape index (κ3) is 4.79. The van der Waals surface area contributed by atoms with E-state index < -0.39 is 16.1 Å². The van der Waals surface area contributed by atoms with Gasteiger partial charge in [-0.3, -0.25) is 4.79 Å². The molecule has 0 saturated carbocycles. The molecule has 0 aliphatic heterocycles. The van der Waals surface area contributed by atoms with Crippen LogP contribution >= 0.6 is 11.3 Å². The number of rotatable bonds is 6. The van der Waals surface area contributed by atoms with Gasteiger partial charge in [0.05, 0.1) is 10.9 Å². The van der Waals surface area contributed by atoms with E-state index in [0.717, 1.165) is 4.88 Å². The lowest BCUT2D eigenvalue weighted by Crippen LogP contribution is -2.29. The normalized spacial score (nSPS) is 12.5. The van der Waals surface area contributed by atoms with Crippen molar-refractivity contribution in [2.75, 3.05) is 5.32 Å². The molecule has 3 rings (SSSR count). The summed E-state index contributed by atoms with van der Waals surface area (Å²) in [6, 6.07) is 14.6. The monoisotopic (exact) mass is 404 g/mol. The highest BCUT2D eigenvalue weighted by atomic mass is 32.2. The van der Waals surface area contributed by atoms with Gasteiger partial charge < -0.3 is 5.32 Å². The van der Waals surface area contributed by atoms with Crippen LogP contribution in [-0.4, -0.2) is 14.3 Å². The largest absolute Gasteiger partial charge is 0.326 e. The molecule has 0 spiro atoms. The van der Waals surface area contributed by atoms with Gasteiger partial charge in [-0.2, -0.15) is 4.72 Å². The van der Waals surface area contributed by atoms with E-state index in [1.54, 1.807) is 12.1 Å². The van der Waals surface area contributed by atoms with Crippen LogP contribution in [0.4, 0.5) is 10.1 Å². The molecule has 1 atom stereocenters. The molecule has 0 radical (unpaired) electrons. The Bertz CT molecular complexity index is 1020. The van der Waals surface area contributed by atoms with Crippen LogP contribution in [0.2, 0.25) is 0 Å². The maximum absolute atomic E-state index is 13.3. The third-order valence-corrected chi connectivity index (χ3v) is 6.16. The zero-order chi connectivity index (χ0) is 19.4. The molecule has 1 aromatic heterocycles. The first kappa shape index (κ1) is 19.2. The minimum Gasteiger partial charge on any atom is -0.326 e. The molecular formula is C19H17FN2O3S2. The van der Waals surface area contributed by atoms with E-state index >= 15 is 0 Å². The summed E-state index contributed by atoms with van der Waals surface area (Å²) in [5.74, 6) is -0.627. The Morgan fingerprint density at radius 2 is 1.70 bits per heavy atom. The van der Waals surface area contributed by atoms with Crippen molar-refractivity contribution in [3.05, 3.63) is 82.3 Å². The number of hydrogen-bond donors (Lipinski definition) is 2. The Hall–Kier alpha value is -2.55. The molecule has 0 fully saturated rings. The van der Waals surface area contributed by atoms with Crippen LogP contribution in [0.5, 0.6) is 0 Å². The van der Waals surface area contributed by atoms with Gasteiger partial charge in [0, 0.05) is 17.5 Å². The fourth-order valence-corrected chi connectivity index (χ4v) is 4.63. The van der Waals surface area contributed by atoms with E-state index in [-0.39, 0.29) is 16.6 Å². The van der Waals surface area contributed by atoms with Crippen molar-refractivity contribution >= 4 is 33.0 Å². The van der Waals surface area contributed by atoms with Crippen molar-refractivity contribution in [1.29, 1.82) is 0 Å². The summed E-state index contributed by atoms with van der Waals surface area (Å²) in [4.78, 5) is 11.9. The molecule has 2 aromatic carbocycles. The van der Waals surface area contributed by atoms with E-state index in [4.69, 9.17) is 0 Å². The molecular weight excluding hydrogens is 387 g/mol. The number of amides is 1. The quantitative estimate of drug-likeness (QED) is 0.654. The lowest BCUT2D eigenvalue weighted by atomic mass is 10.1. The molecule has 3 aromatic rings. The Morgan fingerprint density at radius 1 is 1.04 bits per heavy atom. The summed E-state index contributed by atoms with van der Waals surface area (Å²) in [7, 11) is -3.84. The topological polar surface area (TPSA) is 75.3 Å². The van der Waals surface area contributed by atoms with E-state index in [9.17, 15) is 17.6 Å². The first-order valence-corrected chi connectivity index (χ1v) is 10.4. The standard InChI is InChI=1S/C19H17FN2O3S2/c1-13(23)21-16-8-10-17(11-9-16)27(24,25)22-19(18-3-2-12-26-18)14-4-6-15(20)7-5-14/h2-12,19,22H,1H3,(H,21,23)/t19-/m0/s1. The van der Waals surface area contributed by atoms with E-state index in [2.05, 4.69) is 10.0 Å². The maximum atomic E-state index is 13.3. The second kappa shape index (κ2) is 7.99. The molecule has 0 aliphatic rings. The number of sulfonamides is 1. The molecule has 0 bridgehead atoms. The second-order valence-electron chi connectivity index (χ2n) is 5.83. The number of anilines is 1. The van der Waals surface area contributed by atoms with Crippen molar-refractivity contribution in [2.45, 2.75) is 17.9 Å². The number of carbonyl (C=O) groups is 1. The van der Waals surface area contributed by atoms with Gasteiger partial charge in [0.2, 0.25) is 15.9 Å². The molecule has 1 amide bonds. The highest BCUT2D eigenvalue weighted by Crippen LogP contribution is 2.28. The van der Waals surface area contributed by atoms with Gasteiger partial charge in [0.25, 0.3) is 0 Å². The van der Waals surface area contributed by atoms with Crippen LogP contribution < -0.4 is 10.0 Å².